The number of hydrogen-bond donors (Lipinski definition) is 2. The minimum Gasteiger partial charge on any atom is -0.508 e. The first-order valence-electron chi connectivity index (χ1n) is 7.66. The lowest BCUT2D eigenvalue weighted by Crippen LogP contribution is -2.06. The number of rotatable bonds is 4. The predicted octanol–water partition coefficient (Wildman–Crippen LogP) is 3.98. The Morgan fingerprint density at radius 2 is 1.96 bits per heavy atom. The van der Waals surface area contributed by atoms with Crippen molar-refractivity contribution in [2.45, 2.75) is 26.8 Å². The summed E-state index contributed by atoms with van der Waals surface area (Å²) in [5.41, 5.74) is 3.86. The highest BCUT2D eigenvalue weighted by Crippen LogP contribution is 2.27. The van der Waals surface area contributed by atoms with Crippen molar-refractivity contribution in [2.24, 2.45) is 0 Å². The van der Waals surface area contributed by atoms with Crippen molar-refractivity contribution in [2.75, 3.05) is 5.32 Å². The number of benzene rings is 2. The first kappa shape index (κ1) is 15.2. The second-order valence-electron chi connectivity index (χ2n) is 5.64. The number of anilines is 1. The van der Waals surface area contributed by atoms with E-state index in [1.807, 2.05) is 38.1 Å². The van der Waals surface area contributed by atoms with Gasteiger partial charge < -0.3 is 14.8 Å². The number of fused-ring (bicyclic) bond motifs is 1. The molecule has 0 aliphatic heterocycles. The fourth-order valence-corrected chi connectivity index (χ4v) is 2.69. The van der Waals surface area contributed by atoms with Gasteiger partial charge in [-0.25, -0.2) is 4.79 Å². The molecular formula is C19H19NO3. The van der Waals surface area contributed by atoms with Gasteiger partial charge in [0.2, 0.25) is 0 Å². The topological polar surface area (TPSA) is 62.5 Å². The largest absolute Gasteiger partial charge is 0.508 e. The summed E-state index contributed by atoms with van der Waals surface area (Å²) in [6.07, 6.45) is 0.714. The van der Waals surface area contributed by atoms with Crippen LogP contribution in [0.25, 0.3) is 11.0 Å². The Balaban J connectivity index is 2.00. The molecule has 0 fully saturated rings. The van der Waals surface area contributed by atoms with E-state index in [0.29, 0.717) is 18.5 Å². The van der Waals surface area contributed by atoms with Crippen molar-refractivity contribution < 1.29 is 9.52 Å². The van der Waals surface area contributed by atoms with E-state index in [1.165, 1.54) is 17.7 Å². The first-order valence-corrected chi connectivity index (χ1v) is 7.66. The number of nitrogens with one attached hydrogen (secondary N) is 1. The summed E-state index contributed by atoms with van der Waals surface area (Å²) in [5, 5.41) is 14.1. The number of aromatic hydroxyl groups is 1. The zero-order valence-corrected chi connectivity index (χ0v) is 13.2. The Morgan fingerprint density at radius 3 is 2.70 bits per heavy atom. The average molecular weight is 309 g/mol. The quantitative estimate of drug-likeness (QED) is 0.716. The number of phenols is 1. The Labute approximate surface area is 134 Å². The van der Waals surface area contributed by atoms with Crippen LogP contribution in [0.2, 0.25) is 0 Å². The molecule has 0 unspecified atom stereocenters. The molecule has 3 rings (SSSR count). The standard InChI is InChI=1S/C19H19NO3/c1-3-13-8-16-14(9-19(22)23-18(16)10-17(13)21)11-20-15-6-4-5-12(2)7-15/h4-10,20-21H,3,11H2,1-2H3. The summed E-state index contributed by atoms with van der Waals surface area (Å²) in [6.45, 7) is 4.53. The zero-order valence-electron chi connectivity index (χ0n) is 13.2. The molecule has 3 aromatic rings. The van der Waals surface area contributed by atoms with Crippen LogP contribution in [-0.4, -0.2) is 5.11 Å². The Kier molecular flexibility index (Phi) is 4.06. The molecule has 0 saturated heterocycles. The van der Waals surface area contributed by atoms with Crippen molar-refractivity contribution in [3.8, 4) is 5.75 Å². The van der Waals surface area contributed by atoms with Crippen molar-refractivity contribution in [1.29, 1.82) is 0 Å². The van der Waals surface area contributed by atoms with Gasteiger partial charge in [0, 0.05) is 29.8 Å². The highest BCUT2D eigenvalue weighted by atomic mass is 16.4. The van der Waals surface area contributed by atoms with Crippen LogP contribution in [-0.2, 0) is 13.0 Å². The molecule has 23 heavy (non-hydrogen) atoms. The molecule has 0 aliphatic rings. The van der Waals surface area contributed by atoms with Gasteiger partial charge in [-0.1, -0.05) is 19.1 Å². The van der Waals surface area contributed by atoms with E-state index in [2.05, 4.69) is 11.4 Å². The van der Waals surface area contributed by atoms with Gasteiger partial charge >= 0.3 is 5.63 Å². The Bertz CT molecular complexity index is 912. The predicted molar refractivity (Wildman–Crippen MR) is 92.0 cm³/mol. The molecule has 0 saturated carbocycles. The normalized spacial score (nSPS) is 10.9. The molecule has 1 aromatic heterocycles. The molecule has 1 heterocycles. The minimum atomic E-state index is -0.415. The third-order valence-electron chi connectivity index (χ3n) is 3.91. The lowest BCUT2D eigenvalue weighted by molar-refractivity contribution is 0.466. The van der Waals surface area contributed by atoms with Crippen LogP contribution in [0, 0.1) is 6.92 Å². The zero-order chi connectivity index (χ0) is 16.4. The molecule has 2 aromatic carbocycles. The van der Waals surface area contributed by atoms with Crippen LogP contribution in [0.1, 0.15) is 23.6 Å². The highest BCUT2D eigenvalue weighted by molar-refractivity contribution is 5.83. The summed E-state index contributed by atoms with van der Waals surface area (Å²) in [6, 6.07) is 13.0. The molecule has 4 heteroatoms. The molecule has 2 N–H and O–H groups in total. The molecule has 118 valence electrons. The van der Waals surface area contributed by atoms with Gasteiger partial charge in [0.05, 0.1) is 0 Å². The molecule has 0 amide bonds. The van der Waals surface area contributed by atoms with Crippen LogP contribution < -0.4 is 10.9 Å². The maximum atomic E-state index is 11.8. The van der Waals surface area contributed by atoms with Gasteiger partial charge in [-0.3, -0.25) is 0 Å². The maximum Gasteiger partial charge on any atom is 0.336 e. The van der Waals surface area contributed by atoms with Crippen molar-refractivity contribution >= 4 is 16.7 Å². The van der Waals surface area contributed by atoms with Crippen LogP contribution in [0.3, 0.4) is 0 Å². The second kappa shape index (κ2) is 6.16. The SMILES string of the molecule is CCc1cc2c(CNc3cccc(C)c3)cc(=O)oc2cc1O. The molecule has 0 radical (unpaired) electrons. The summed E-state index contributed by atoms with van der Waals surface area (Å²) < 4.78 is 5.21. The number of aryl methyl sites for hydroxylation is 2. The molecule has 4 nitrogen and oxygen atoms in total. The summed E-state index contributed by atoms with van der Waals surface area (Å²) in [5.74, 6) is 0.159. The van der Waals surface area contributed by atoms with E-state index >= 15 is 0 Å². The molecule has 0 bridgehead atoms. The van der Waals surface area contributed by atoms with Crippen LogP contribution in [0.5, 0.6) is 5.75 Å². The van der Waals surface area contributed by atoms with Gasteiger partial charge in [0.25, 0.3) is 0 Å². The number of hydrogen-bond acceptors (Lipinski definition) is 4. The van der Waals surface area contributed by atoms with Gasteiger partial charge in [-0.2, -0.15) is 0 Å². The smallest absolute Gasteiger partial charge is 0.336 e. The molecule has 0 aliphatic carbocycles. The Hall–Kier alpha value is -2.75. The maximum absolute atomic E-state index is 11.8. The summed E-state index contributed by atoms with van der Waals surface area (Å²) in [4.78, 5) is 11.8. The van der Waals surface area contributed by atoms with Crippen LogP contribution in [0.15, 0.2) is 51.7 Å². The van der Waals surface area contributed by atoms with Crippen molar-refractivity contribution in [3.63, 3.8) is 0 Å². The molecular weight excluding hydrogens is 290 g/mol. The van der Waals surface area contributed by atoms with E-state index in [9.17, 15) is 9.90 Å². The van der Waals surface area contributed by atoms with E-state index in [1.54, 1.807) is 0 Å². The van der Waals surface area contributed by atoms with E-state index in [0.717, 1.165) is 22.2 Å². The fourth-order valence-electron chi connectivity index (χ4n) is 2.69. The third kappa shape index (κ3) is 3.21. The average Bonchev–Trinajstić information content (AvgIpc) is 2.52. The highest BCUT2D eigenvalue weighted by Gasteiger charge is 2.10. The van der Waals surface area contributed by atoms with E-state index in [4.69, 9.17) is 4.42 Å². The first-order chi connectivity index (χ1) is 11.1. The summed E-state index contributed by atoms with van der Waals surface area (Å²) in [7, 11) is 0. The molecule has 0 spiro atoms. The van der Waals surface area contributed by atoms with Crippen molar-refractivity contribution in [3.05, 3.63) is 69.6 Å². The molecule has 0 atom stereocenters. The minimum absolute atomic E-state index is 0.159. The van der Waals surface area contributed by atoms with E-state index in [-0.39, 0.29) is 5.75 Å². The van der Waals surface area contributed by atoms with Crippen molar-refractivity contribution in [1.82, 2.24) is 0 Å². The van der Waals surface area contributed by atoms with Crippen LogP contribution in [0.4, 0.5) is 5.69 Å². The number of phenolic OH excluding ortho intramolecular Hbond substituents is 1. The van der Waals surface area contributed by atoms with Gasteiger partial charge in [0.15, 0.2) is 0 Å². The lowest BCUT2D eigenvalue weighted by Gasteiger charge is -2.11. The fraction of sp³-hybridized carbons (Fsp3) is 0.211. The van der Waals surface area contributed by atoms with Gasteiger partial charge in [-0.15, -0.1) is 0 Å². The van der Waals surface area contributed by atoms with Crippen LogP contribution >= 0.6 is 0 Å². The second-order valence-corrected chi connectivity index (χ2v) is 5.64. The monoisotopic (exact) mass is 309 g/mol. The lowest BCUT2D eigenvalue weighted by atomic mass is 10.0. The Morgan fingerprint density at radius 1 is 1.13 bits per heavy atom. The third-order valence-corrected chi connectivity index (χ3v) is 3.91. The summed E-state index contributed by atoms with van der Waals surface area (Å²) >= 11 is 0. The van der Waals surface area contributed by atoms with Gasteiger partial charge in [0.1, 0.15) is 11.3 Å². The van der Waals surface area contributed by atoms with E-state index < -0.39 is 5.63 Å². The van der Waals surface area contributed by atoms with Gasteiger partial charge in [-0.05, 0) is 48.2 Å².